The van der Waals surface area contributed by atoms with Gasteiger partial charge in [-0.3, -0.25) is 4.79 Å². The number of rotatable bonds is 3. The Balaban J connectivity index is 2.24. The summed E-state index contributed by atoms with van der Waals surface area (Å²) in [6.07, 6.45) is 3.03. The van der Waals surface area contributed by atoms with E-state index in [4.69, 9.17) is 11.6 Å². The van der Waals surface area contributed by atoms with E-state index in [1.54, 1.807) is 18.3 Å². The fourth-order valence-corrected chi connectivity index (χ4v) is 1.85. The molecule has 0 unspecified atom stereocenters. The van der Waals surface area contributed by atoms with E-state index in [1.165, 1.54) is 6.20 Å². The average Bonchev–Trinajstić information content (AvgIpc) is 2.41. The Labute approximate surface area is 129 Å². The van der Waals surface area contributed by atoms with Gasteiger partial charge in [0.25, 0.3) is 5.91 Å². The molecule has 0 aliphatic carbocycles. The molecule has 1 N–H and O–H groups in total. The first-order valence-corrected chi connectivity index (χ1v) is 7.10. The van der Waals surface area contributed by atoms with Crippen molar-refractivity contribution in [3.05, 3.63) is 45.5 Å². The van der Waals surface area contributed by atoms with Gasteiger partial charge in [-0.05, 0) is 28.1 Å². The summed E-state index contributed by atoms with van der Waals surface area (Å²) in [6.45, 7) is 3.89. The summed E-state index contributed by atoms with van der Waals surface area (Å²) in [7, 11) is 0. The minimum atomic E-state index is -0.408. The highest BCUT2D eigenvalue weighted by Crippen LogP contribution is 2.18. The van der Waals surface area contributed by atoms with Gasteiger partial charge in [0.2, 0.25) is 0 Å². The third kappa shape index (κ3) is 3.52. The molecule has 0 spiro atoms. The molecule has 2 aromatic heterocycles. The van der Waals surface area contributed by atoms with Gasteiger partial charge in [0, 0.05) is 16.6 Å². The molecule has 20 heavy (non-hydrogen) atoms. The lowest BCUT2D eigenvalue weighted by molar-refractivity contribution is 0.102. The third-order valence-corrected chi connectivity index (χ3v) is 3.21. The normalized spacial score (nSPS) is 10.7. The summed E-state index contributed by atoms with van der Waals surface area (Å²) in [5, 5.41) is 2.86. The number of pyridine rings is 1. The molecule has 0 saturated carbocycles. The van der Waals surface area contributed by atoms with E-state index in [2.05, 4.69) is 36.2 Å². The largest absolute Gasteiger partial charge is 0.305 e. The Bertz CT molecular complexity index is 631. The van der Waals surface area contributed by atoms with Crippen molar-refractivity contribution in [2.75, 3.05) is 5.32 Å². The quantitative estimate of drug-likeness (QED) is 0.912. The Morgan fingerprint density at radius 3 is 2.65 bits per heavy atom. The van der Waals surface area contributed by atoms with Crippen LogP contribution in [0.3, 0.4) is 0 Å². The molecular formula is C13H12BrClN4O. The third-order valence-electron chi connectivity index (χ3n) is 2.46. The van der Waals surface area contributed by atoms with Crippen LogP contribution in [0.2, 0.25) is 5.02 Å². The van der Waals surface area contributed by atoms with Gasteiger partial charge in [-0.25, -0.2) is 15.0 Å². The van der Waals surface area contributed by atoms with Gasteiger partial charge in [-0.1, -0.05) is 25.4 Å². The molecule has 1 amide bonds. The number of hydrogen-bond acceptors (Lipinski definition) is 4. The number of aromatic nitrogens is 3. The zero-order chi connectivity index (χ0) is 14.7. The molecule has 0 aliphatic rings. The summed E-state index contributed by atoms with van der Waals surface area (Å²) >= 11 is 9.25. The molecule has 0 saturated heterocycles. The molecule has 2 heterocycles. The molecule has 104 valence electrons. The van der Waals surface area contributed by atoms with Crippen LogP contribution in [0.15, 0.2) is 29.0 Å². The van der Waals surface area contributed by atoms with Crippen molar-refractivity contribution in [1.29, 1.82) is 0 Å². The lowest BCUT2D eigenvalue weighted by atomic mass is 10.2. The molecule has 0 aromatic carbocycles. The molecule has 0 radical (unpaired) electrons. The minimum absolute atomic E-state index is 0.115. The monoisotopic (exact) mass is 354 g/mol. The highest BCUT2D eigenvalue weighted by Gasteiger charge is 2.16. The topological polar surface area (TPSA) is 67.8 Å². The number of amides is 1. The first-order valence-electron chi connectivity index (χ1n) is 5.92. The Kier molecular flexibility index (Phi) is 4.67. The van der Waals surface area contributed by atoms with Crippen molar-refractivity contribution in [2.24, 2.45) is 0 Å². The van der Waals surface area contributed by atoms with Crippen LogP contribution in [0, 0.1) is 0 Å². The second kappa shape index (κ2) is 6.28. The zero-order valence-corrected chi connectivity index (χ0v) is 13.2. The fourth-order valence-electron chi connectivity index (χ4n) is 1.44. The molecule has 2 aromatic rings. The molecule has 7 heteroatoms. The van der Waals surface area contributed by atoms with E-state index in [-0.39, 0.29) is 16.6 Å². The molecule has 2 rings (SSSR count). The number of anilines is 1. The number of nitrogens with one attached hydrogen (secondary N) is 1. The van der Waals surface area contributed by atoms with Gasteiger partial charge >= 0.3 is 0 Å². The van der Waals surface area contributed by atoms with Crippen molar-refractivity contribution < 1.29 is 4.79 Å². The molecule has 5 nitrogen and oxygen atoms in total. The predicted octanol–water partition coefficient (Wildman–Crippen LogP) is 3.66. The number of carbonyl (C=O) groups is 1. The number of nitrogens with zero attached hydrogens (tertiary/aromatic N) is 3. The summed E-state index contributed by atoms with van der Waals surface area (Å²) in [6, 6.07) is 3.46. The highest BCUT2D eigenvalue weighted by molar-refractivity contribution is 9.10. The van der Waals surface area contributed by atoms with Crippen LogP contribution in [0.25, 0.3) is 0 Å². The smallest absolute Gasteiger partial charge is 0.277 e. The maximum atomic E-state index is 12.2. The van der Waals surface area contributed by atoms with Crippen LogP contribution >= 0.6 is 27.5 Å². The van der Waals surface area contributed by atoms with Gasteiger partial charge in [0.15, 0.2) is 5.69 Å². The second-order valence-corrected chi connectivity index (χ2v) is 5.72. The maximum Gasteiger partial charge on any atom is 0.277 e. The Hall–Kier alpha value is -1.53. The van der Waals surface area contributed by atoms with Crippen LogP contribution in [0.5, 0.6) is 0 Å². The maximum absolute atomic E-state index is 12.2. The summed E-state index contributed by atoms with van der Waals surface area (Å²) in [5.41, 5.74) is 0.148. The summed E-state index contributed by atoms with van der Waals surface area (Å²) < 4.78 is 0.831. The summed E-state index contributed by atoms with van der Waals surface area (Å²) in [4.78, 5) is 24.5. The lowest BCUT2D eigenvalue weighted by Gasteiger charge is -2.08. The second-order valence-electron chi connectivity index (χ2n) is 4.40. The van der Waals surface area contributed by atoms with Crippen molar-refractivity contribution >= 4 is 39.3 Å². The van der Waals surface area contributed by atoms with Gasteiger partial charge in [-0.15, -0.1) is 0 Å². The number of halogens is 2. The van der Waals surface area contributed by atoms with Gasteiger partial charge in [0.1, 0.15) is 11.6 Å². The molecular weight excluding hydrogens is 344 g/mol. The zero-order valence-electron chi connectivity index (χ0n) is 10.9. The van der Waals surface area contributed by atoms with E-state index < -0.39 is 5.91 Å². The van der Waals surface area contributed by atoms with Crippen LogP contribution in [-0.2, 0) is 0 Å². The molecule has 0 aliphatic heterocycles. The first-order chi connectivity index (χ1) is 9.47. The van der Waals surface area contributed by atoms with Crippen LogP contribution < -0.4 is 5.32 Å². The van der Waals surface area contributed by atoms with Crippen LogP contribution in [0.4, 0.5) is 5.82 Å². The van der Waals surface area contributed by atoms with E-state index in [0.29, 0.717) is 11.6 Å². The first kappa shape index (κ1) is 14.9. The van der Waals surface area contributed by atoms with Crippen molar-refractivity contribution in [3.8, 4) is 0 Å². The van der Waals surface area contributed by atoms with Crippen LogP contribution in [0.1, 0.15) is 36.1 Å². The summed E-state index contributed by atoms with van der Waals surface area (Å²) in [5.74, 6) is 0.709. The van der Waals surface area contributed by atoms with Gasteiger partial charge in [-0.2, -0.15) is 0 Å². The van der Waals surface area contributed by atoms with Crippen LogP contribution in [-0.4, -0.2) is 20.9 Å². The van der Waals surface area contributed by atoms with Crippen molar-refractivity contribution in [1.82, 2.24) is 15.0 Å². The Morgan fingerprint density at radius 2 is 2.05 bits per heavy atom. The highest BCUT2D eigenvalue weighted by atomic mass is 79.9. The number of hydrogen-bond donors (Lipinski definition) is 1. The number of carbonyl (C=O) groups excluding carboxylic acids is 1. The molecule has 0 fully saturated rings. The van der Waals surface area contributed by atoms with E-state index in [1.807, 2.05) is 13.8 Å². The van der Waals surface area contributed by atoms with Crippen molar-refractivity contribution in [3.63, 3.8) is 0 Å². The standard InChI is InChI=1S/C13H12BrClN4O/c1-7(2)12-17-6-9(15)11(19-12)13(20)18-10-4-3-8(14)5-16-10/h3-7H,1-2H3,(H,16,18,20). The van der Waals surface area contributed by atoms with Gasteiger partial charge < -0.3 is 5.32 Å². The Morgan fingerprint density at radius 1 is 1.30 bits per heavy atom. The van der Waals surface area contributed by atoms with Gasteiger partial charge in [0.05, 0.1) is 11.2 Å². The molecule has 0 bridgehead atoms. The predicted molar refractivity (Wildman–Crippen MR) is 81.0 cm³/mol. The lowest BCUT2D eigenvalue weighted by Crippen LogP contribution is -2.17. The average molecular weight is 356 g/mol. The van der Waals surface area contributed by atoms with E-state index in [0.717, 1.165) is 4.47 Å². The van der Waals surface area contributed by atoms with E-state index in [9.17, 15) is 4.79 Å². The SMILES string of the molecule is CC(C)c1ncc(Cl)c(C(=O)Nc2ccc(Br)cn2)n1. The fraction of sp³-hybridized carbons (Fsp3) is 0.231. The molecule has 0 atom stereocenters. The van der Waals surface area contributed by atoms with E-state index >= 15 is 0 Å². The van der Waals surface area contributed by atoms with Crippen molar-refractivity contribution in [2.45, 2.75) is 19.8 Å². The minimum Gasteiger partial charge on any atom is -0.305 e.